The Kier molecular flexibility index (Phi) is 5.80. The minimum absolute atomic E-state index is 0.440. The van der Waals surface area contributed by atoms with Crippen LogP contribution in [0.3, 0.4) is 0 Å². The van der Waals surface area contributed by atoms with Gasteiger partial charge in [-0.15, -0.1) is 0 Å². The minimum atomic E-state index is -4.31. The summed E-state index contributed by atoms with van der Waals surface area (Å²) >= 11 is 0. The zero-order chi connectivity index (χ0) is 20.1. The van der Waals surface area contributed by atoms with Gasteiger partial charge in [-0.3, -0.25) is 0 Å². The number of benzene rings is 2. The third-order valence-electron chi connectivity index (χ3n) is 4.43. The predicted molar refractivity (Wildman–Crippen MR) is 106 cm³/mol. The third-order valence-corrected chi connectivity index (χ3v) is 4.43. The smallest absolute Gasteiger partial charge is 0.383 e. The fourth-order valence-electron chi connectivity index (χ4n) is 2.92. The largest absolute Gasteiger partial charge is 0.416 e. The van der Waals surface area contributed by atoms with Crippen molar-refractivity contribution in [2.75, 3.05) is 5.73 Å². The van der Waals surface area contributed by atoms with Crippen LogP contribution in [0.4, 0.5) is 19.0 Å². The van der Waals surface area contributed by atoms with Crippen molar-refractivity contribution in [1.29, 1.82) is 0 Å². The number of halogens is 3. The van der Waals surface area contributed by atoms with Gasteiger partial charge in [-0.2, -0.15) is 13.2 Å². The second-order valence-corrected chi connectivity index (χ2v) is 6.36. The molecule has 0 saturated heterocycles. The molecule has 2 aromatic carbocycles. The molecule has 0 fully saturated rings. The van der Waals surface area contributed by atoms with Crippen LogP contribution in [0, 0.1) is 0 Å². The van der Waals surface area contributed by atoms with E-state index in [-0.39, 0.29) is 0 Å². The Bertz CT molecular complexity index is 946. The lowest BCUT2D eigenvalue weighted by molar-refractivity contribution is -0.137. The van der Waals surface area contributed by atoms with Gasteiger partial charge in [-0.05, 0) is 40.5 Å². The summed E-state index contributed by atoms with van der Waals surface area (Å²) in [6.45, 7) is 4.88. The molecule has 144 valence electrons. The molecule has 3 nitrogen and oxygen atoms in total. The number of hydrogen-bond acceptors (Lipinski definition) is 3. The van der Waals surface area contributed by atoms with Crippen LogP contribution >= 0.6 is 0 Å². The number of nitrogens with two attached hydrogens (primary N) is 1. The van der Waals surface area contributed by atoms with Crippen molar-refractivity contribution in [2.45, 2.75) is 19.3 Å². The Hall–Kier alpha value is -3.12. The maximum atomic E-state index is 12.6. The summed E-state index contributed by atoms with van der Waals surface area (Å²) in [6.07, 6.45) is -0.951. The number of nitrogens with one attached hydrogen (secondary N) is 1. The van der Waals surface area contributed by atoms with Gasteiger partial charge in [-0.1, -0.05) is 49.1 Å². The molecule has 0 amide bonds. The molecule has 0 aliphatic carbocycles. The molecule has 6 heteroatoms. The number of aromatic nitrogens is 1. The van der Waals surface area contributed by atoms with E-state index in [1.165, 1.54) is 12.1 Å². The van der Waals surface area contributed by atoms with Gasteiger partial charge >= 0.3 is 6.18 Å². The second-order valence-electron chi connectivity index (χ2n) is 6.36. The van der Waals surface area contributed by atoms with Gasteiger partial charge in [0, 0.05) is 24.8 Å². The molecule has 0 unspecified atom stereocenters. The van der Waals surface area contributed by atoms with Crippen LogP contribution in [0.15, 0.2) is 67.4 Å². The Labute approximate surface area is 161 Å². The van der Waals surface area contributed by atoms with Gasteiger partial charge in [0.25, 0.3) is 0 Å². The number of pyridine rings is 1. The highest BCUT2D eigenvalue weighted by Gasteiger charge is 2.29. The fourth-order valence-corrected chi connectivity index (χ4v) is 2.92. The van der Waals surface area contributed by atoms with Gasteiger partial charge < -0.3 is 11.1 Å². The Balaban J connectivity index is 1.61. The van der Waals surface area contributed by atoms with Crippen molar-refractivity contribution < 1.29 is 13.2 Å². The quantitative estimate of drug-likeness (QED) is 0.609. The standard InChI is InChI=1S/C22H20F3N3/c1-2-19-20(11-12-28-21(19)26)17-7-3-15(4-8-17)13-27-14-16-5-9-18(10-6-16)22(23,24)25/h2-12,27H,1,13-14H2,(H2,26,28). The molecule has 28 heavy (non-hydrogen) atoms. The Morgan fingerprint density at radius 2 is 1.50 bits per heavy atom. The molecule has 0 spiro atoms. The molecule has 1 aromatic heterocycles. The summed E-state index contributed by atoms with van der Waals surface area (Å²) in [5, 5.41) is 3.24. The van der Waals surface area contributed by atoms with E-state index in [1.807, 2.05) is 30.3 Å². The van der Waals surface area contributed by atoms with Crippen LogP contribution in [0.1, 0.15) is 22.3 Å². The summed E-state index contributed by atoms with van der Waals surface area (Å²) in [6, 6.07) is 15.1. The Morgan fingerprint density at radius 1 is 0.929 bits per heavy atom. The van der Waals surface area contributed by atoms with Crippen molar-refractivity contribution in [3.05, 3.63) is 89.6 Å². The molecular formula is C22H20F3N3. The second kappa shape index (κ2) is 8.27. The average molecular weight is 383 g/mol. The van der Waals surface area contributed by atoms with E-state index in [9.17, 15) is 13.2 Å². The zero-order valence-electron chi connectivity index (χ0n) is 15.1. The minimum Gasteiger partial charge on any atom is -0.383 e. The first kappa shape index (κ1) is 19.6. The first-order valence-corrected chi connectivity index (χ1v) is 8.71. The molecule has 3 aromatic rings. The van der Waals surface area contributed by atoms with Gasteiger partial charge in [0.1, 0.15) is 5.82 Å². The zero-order valence-corrected chi connectivity index (χ0v) is 15.1. The van der Waals surface area contributed by atoms with E-state index in [1.54, 1.807) is 12.3 Å². The number of nitrogen functional groups attached to an aromatic ring is 1. The molecule has 0 saturated carbocycles. The number of hydrogen-bond donors (Lipinski definition) is 2. The lowest BCUT2D eigenvalue weighted by Crippen LogP contribution is -2.13. The van der Waals surface area contributed by atoms with E-state index < -0.39 is 11.7 Å². The van der Waals surface area contributed by atoms with Crippen molar-refractivity contribution in [3.63, 3.8) is 0 Å². The lowest BCUT2D eigenvalue weighted by Gasteiger charge is -2.10. The molecule has 3 rings (SSSR count). The normalized spacial score (nSPS) is 11.4. The van der Waals surface area contributed by atoms with Gasteiger partial charge in [-0.25, -0.2) is 4.98 Å². The maximum Gasteiger partial charge on any atom is 0.416 e. The van der Waals surface area contributed by atoms with Crippen molar-refractivity contribution in [1.82, 2.24) is 10.3 Å². The first-order valence-electron chi connectivity index (χ1n) is 8.71. The molecule has 0 aliphatic rings. The van der Waals surface area contributed by atoms with Crippen LogP contribution in [0.2, 0.25) is 0 Å². The van der Waals surface area contributed by atoms with Crippen molar-refractivity contribution >= 4 is 11.9 Å². The SMILES string of the molecule is C=Cc1c(-c2ccc(CNCc3ccc(C(F)(F)F)cc3)cc2)ccnc1N. The van der Waals surface area contributed by atoms with E-state index in [0.717, 1.165) is 39.9 Å². The Morgan fingerprint density at radius 3 is 2.04 bits per heavy atom. The summed E-state index contributed by atoms with van der Waals surface area (Å²) in [5.41, 5.74) is 9.90. The number of anilines is 1. The van der Waals surface area contributed by atoms with Crippen molar-refractivity contribution in [2.24, 2.45) is 0 Å². The molecular weight excluding hydrogens is 363 g/mol. The van der Waals surface area contributed by atoms with Gasteiger partial charge in [0.2, 0.25) is 0 Å². The van der Waals surface area contributed by atoms with Gasteiger partial charge in [0.05, 0.1) is 5.56 Å². The lowest BCUT2D eigenvalue weighted by atomic mass is 10.00. The summed E-state index contributed by atoms with van der Waals surface area (Å²) in [4.78, 5) is 4.08. The third kappa shape index (κ3) is 4.58. The summed E-state index contributed by atoms with van der Waals surface area (Å²) in [7, 11) is 0. The van der Waals surface area contributed by atoms with Crippen molar-refractivity contribution in [3.8, 4) is 11.1 Å². The van der Waals surface area contributed by atoms with Gasteiger partial charge in [0.15, 0.2) is 0 Å². The highest BCUT2D eigenvalue weighted by Crippen LogP contribution is 2.29. The topological polar surface area (TPSA) is 50.9 Å². The van der Waals surface area contributed by atoms with Crippen LogP contribution in [0.25, 0.3) is 17.2 Å². The highest BCUT2D eigenvalue weighted by atomic mass is 19.4. The van der Waals surface area contributed by atoms with Crippen LogP contribution in [0.5, 0.6) is 0 Å². The molecule has 0 atom stereocenters. The van der Waals surface area contributed by atoms with Crippen LogP contribution in [-0.2, 0) is 19.3 Å². The van der Waals surface area contributed by atoms with Crippen LogP contribution < -0.4 is 11.1 Å². The molecule has 0 radical (unpaired) electrons. The maximum absolute atomic E-state index is 12.6. The van der Waals surface area contributed by atoms with Crippen LogP contribution in [-0.4, -0.2) is 4.98 Å². The molecule has 1 heterocycles. The number of alkyl halides is 3. The summed E-state index contributed by atoms with van der Waals surface area (Å²) < 4.78 is 37.8. The summed E-state index contributed by atoms with van der Waals surface area (Å²) in [5.74, 6) is 0.440. The average Bonchev–Trinajstić information content (AvgIpc) is 2.68. The highest BCUT2D eigenvalue weighted by molar-refractivity contribution is 5.79. The predicted octanol–water partition coefficient (Wildman–Crippen LogP) is 5.28. The van der Waals surface area contributed by atoms with E-state index in [4.69, 9.17) is 5.73 Å². The van der Waals surface area contributed by atoms with E-state index >= 15 is 0 Å². The number of rotatable bonds is 6. The number of nitrogens with zero attached hydrogens (tertiary/aromatic N) is 1. The fraction of sp³-hybridized carbons (Fsp3) is 0.136. The van der Waals surface area contributed by atoms with E-state index in [0.29, 0.717) is 18.9 Å². The molecule has 0 bridgehead atoms. The first-order chi connectivity index (χ1) is 13.4. The van der Waals surface area contributed by atoms with E-state index in [2.05, 4.69) is 16.9 Å². The molecule has 0 aliphatic heterocycles. The molecule has 3 N–H and O–H groups in total. The monoisotopic (exact) mass is 383 g/mol.